The maximum Gasteiger partial charge on any atom is 0.203 e. The van der Waals surface area contributed by atoms with Crippen molar-refractivity contribution < 1.29 is 23.7 Å². The summed E-state index contributed by atoms with van der Waals surface area (Å²) in [5, 5.41) is 7.19. The molecule has 1 aromatic heterocycles. The summed E-state index contributed by atoms with van der Waals surface area (Å²) < 4.78 is 26.7. The summed E-state index contributed by atoms with van der Waals surface area (Å²) in [6.45, 7) is 0. The van der Waals surface area contributed by atoms with Gasteiger partial charge >= 0.3 is 0 Å². The van der Waals surface area contributed by atoms with Crippen molar-refractivity contribution in [3.63, 3.8) is 0 Å². The molecule has 1 heterocycles. The first-order chi connectivity index (χ1) is 14.1. The highest BCUT2D eigenvalue weighted by Crippen LogP contribution is 2.40. The maximum atomic E-state index is 6.38. The van der Waals surface area contributed by atoms with Gasteiger partial charge in [0.05, 0.1) is 41.6 Å². The fourth-order valence-corrected chi connectivity index (χ4v) is 2.96. The summed E-state index contributed by atoms with van der Waals surface area (Å²) in [6.07, 6.45) is 0. The Morgan fingerprint density at radius 3 is 1.97 bits per heavy atom. The summed E-state index contributed by atoms with van der Waals surface area (Å²) in [5.74, 6) is 3.69. The Morgan fingerprint density at radius 2 is 1.41 bits per heavy atom. The number of benzene rings is 2. The van der Waals surface area contributed by atoms with Crippen molar-refractivity contribution in [2.75, 3.05) is 35.5 Å². The molecular weight excluding hydrogens is 376 g/mol. The zero-order valence-electron chi connectivity index (χ0n) is 17.0. The minimum absolute atomic E-state index is 0.454. The lowest BCUT2D eigenvalue weighted by atomic mass is 10.1. The zero-order chi connectivity index (χ0) is 21.0. The van der Waals surface area contributed by atoms with E-state index in [0.717, 1.165) is 5.56 Å². The van der Waals surface area contributed by atoms with E-state index in [-0.39, 0.29) is 0 Å². The normalized spacial score (nSPS) is 11.7. The van der Waals surface area contributed by atoms with E-state index in [9.17, 15) is 0 Å². The molecule has 0 saturated heterocycles. The predicted octanol–water partition coefficient (Wildman–Crippen LogP) is 2.56. The van der Waals surface area contributed by atoms with Gasteiger partial charge in [0.1, 0.15) is 5.82 Å². The SMILES string of the molecule is COc1ccc([C@H](N)c2nc(-c3cc(OC)c(OC)c(OC)c3)n[nH]2)cc1OC. The minimum Gasteiger partial charge on any atom is -0.493 e. The van der Waals surface area contributed by atoms with E-state index in [2.05, 4.69) is 15.2 Å². The minimum atomic E-state index is -0.530. The topological polar surface area (TPSA) is 114 Å². The molecule has 3 aromatic rings. The van der Waals surface area contributed by atoms with Gasteiger partial charge in [-0.25, -0.2) is 4.98 Å². The second kappa shape index (κ2) is 8.70. The second-order valence-electron chi connectivity index (χ2n) is 6.05. The van der Waals surface area contributed by atoms with Gasteiger partial charge in [-0.3, -0.25) is 5.10 Å². The summed E-state index contributed by atoms with van der Waals surface area (Å²) in [6, 6.07) is 8.48. The Hall–Kier alpha value is -3.46. The Morgan fingerprint density at radius 1 is 0.793 bits per heavy atom. The molecule has 154 valence electrons. The molecule has 1 atom stereocenters. The number of aromatic amines is 1. The number of hydrogen-bond donors (Lipinski definition) is 2. The van der Waals surface area contributed by atoms with Crippen molar-refractivity contribution in [2.45, 2.75) is 6.04 Å². The molecule has 0 unspecified atom stereocenters. The number of nitrogens with one attached hydrogen (secondary N) is 1. The molecule has 29 heavy (non-hydrogen) atoms. The molecule has 0 bridgehead atoms. The van der Waals surface area contributed by atoms with E-state index >= 15 is 0 Å². The molecule has 2 aromatic carbocycles. The molecule has 0 aliphatic rings. The van der Waals surface area contributed by atoms with E-state index in [1.165, 1.54) is 0 Å². The number of methoxy groups -OCH3 is 5. The zero-order valence-corrected chi connectivity index (χ0v) is 17.0. The van der Waals surface area contributed by atoms with Crippen LogP contribution in [0.5, 0.6) is 28.7 Å². The van der Waals surface area contributed by atoms with Crippen LogP contribution in [0.25, 0.3) is 11.4 Å². The fourth-order valence-electron chi connectivity index (χ4n) is 2.96. The molecule has 0 amide bonds. The maximum absolute atomic E-state index is 6.38. The van der Waals surface area contributed by atoms with Crippen LogP contribution in [0.15, 0.2) is 30.3 Å². The van der Waals surface area contributed by atoms with Crippen LogP contribution in [0.1, 0.15) is 17.4 Å². The number of aromatic nitrogens is 3. The molecule has 0 aliphatic heterocycles. The van der Waals surface area contributed by atoms with Crippen LogP contribution in [0.3, 0.4) is 0 Å². The van der Waals surface area contributed by atoms with Crippen LogP contribution >= 0.6 is 0 Å². The molecule has 0 aliphatic carbocycles. The molecule has 0 saturated carbocycles. The number of rotatable bonds is 8. The average molecular weight is 400 g/mol. The van der Waals surface area contributed by atoms with Crippen molar-refractivity contribution in [3.05, 3.63) is 41.7 Å². The molecule has 3 rings (SSSR count). The van der Waals surface area contributed by atoms with Crippen LogP contribution in [0, 0.1) is 0 Å². The molecule has 9 heteroatoms. The van der Waals surface area contributed by atoms with Gasteiger partial charge in [0, 0.05) is 5.56 Å². The van der Waals surface area contributed by atoms with E-state index in [0.29, 0.717) is 46.0 Å². The lowest BCUT2D eigenvalue weighted by molar-refractivity contribution is 0.324. The predicted molar refractivity (Wildman–Crippen MR) is 107 cm³/mol. The number of nitrogens with zero attached hydrogens (tertiary/aromatic N) is 2. The van der Waals surface area contributed by atoms with Gasteiger partial charge in [0.2, 0.25) is 5.75 Å². The van der Waals surface area contributed by atoms with E-state index < -0.39 is 6.04 Å². The van der Waals surface area contributed by atoms with Crippen molar-refractivity contribution in [1.82, 2.24) is 15.2 Å². The van der Waals surface area contributed by atoms with E-state index in [4.69, 9.17) is 29.4 Å². The number of ether oxygens (including phenoxy) is 5. The quantitative estimate of drug-likeness (QED) is 0.593. The van der Waals surface area contributed by atoms with Gasteiger partial charge < -0.3 is 29.4 Å². The van der Waals surface area contributed by atoms with Crippen LogP contribution in [0.4, 0.5) is 0 Å². The first kappa shape index (κ1) is 20.3. The van der Waals surface area contributed by atoms with Gasteiger partial charge in [-0.2, -0.15) is 5.10 Å². The van der Waals surface area contributed by atoms with Crippen molar-refractivity contribution in [1.29, 1.82) is 0 Å². The number of nitrogens with two attached hydrogens (primary N) is 1. The molecule has 3 N–H and O–H groups in total. The van der Waals surface area contributed by atoms with Gasteiger partial charge in [0.25, 0.3) is 0 Å². The monoisotopic (exact) mass is 400 g/mol. The molecule has 0 radical (unpaired) electrons. The Bertz CT molecular complexity index is 964. The van der Waals surface area contributed by atoms with Gasteiger partial charge in [-0.05, 0) is 29.8 Å². The highest BCUT2D eigenvalue weighted by molar-refractivity contribution is 5.66. The standard InChI is InChI=1S/C20H24N4O5/c1-25-13-7-6-11(8-14(13)26-2)17(21)20-22-19(23-24-20)12-9-15(27-3)18(29-5)16(10-12)28-4/h6-10,17H,21H2,1-5H3,(H,22,23,24)/t17-/m0/s1. The van der Waals surface area contributed by atoms with Crippen LogP contribution in [-0.2, 0) is 0 Å². The summed E-state index contributed by atoms with van der Waals surface area (Å²) >= 11 is 0. The van der Waals surface area contributed by atoms with Gasteiger partial charge in [0.15, 0.2) is 28.8 Å². The lowest BCUT2D eigenvalue weighted by Crippen LogP contribution is -2.14. The highest BCUT2D eigenvalue weighted by atomic mass is 16.5. The van der Waals surface area contributed by atoms with Gasteiger partial charge in [-0.15, -0.1) is 0 Å². The third kappa shape index (κ3) is 3.90. The first-order valence-electron chi connectivity index (χ1n) is 8.76. The Labute approximate surface area is 168 Å². The smallest absolute Gasteiger partial charge is 0.203 e. The summed E-state index contributed by atoms with van der Waals surface area (Å²) in [7, 11) is 7.81. The molecular formula is C20H24N4O5. The van der Waals surface area contributed by atoms with Gasteiger partial charge in [-0.1, -0.05) is 6.07 Å². The largest absolute Gasteiger partial charge is 0.493 e. The third-order valence-electron chi connectivity index (χ3n) is 4.49. The third-order valence-corrected chi connectivity index (χ3v) is 4.49. The number of H-pyrrole nitrogens is 1. The highest BCUT2D eigenvalue weighted by Gasteiger charge is 2.20. The first-order valence-corrected chi connectivity index (χ1v) is 8.76. The van der Waals surface area contributed by atoms with E-state index in [1.807, 2.05) is 12.1 Å². The van der Waals surface area contributed by atoms with E-state index in [1.54, 1.807) is 53.7 Å². The summed E-state index contributed by atoms with van der Waals surface area (Å²) in [5.41, 5.74) is 7.88. The Kier molecular flexibility index (Phi) is 6.08. The van der Waals surface area contributed by atoms with Crippen molar-refractivity contribution in [2.24, 2.45) is 5.73 Å². The molecule has 0 fully saturated rings. The average Bonchev–Trinajstić information content (AvgIpc) is 3.27. The molecule has 9 nitrogen and oxygen atoms in total. The van der Waals surface area contributed by atoms with Crippen molar-refractivity contribution in [3.8, 4) is 40.1 Å². The van der Waals surface area contributed by atoms with Crippen LogP contribution < -0.4 is 29.4 Å². The Balaban J connectivity index is 1.95. The number of hydrogen-bond acceptors (Lipinski definition) is 8. The second-order valence-corrected chi connectivity index (χ2v) is 6.05. The fraction of sp³-hybridized carbons (Fsp3) is 0.300. The van der Waals surface area contributed by atoms with Crippen molar-refractivity contribution >= 4 is 0 Å². The lowest BCUT2D eigenvalue weighted by Gasteiger charge is -2.13. The van der Waals surface area contributed by atoms with Crippen LogP contribution in [0.2, 0.25) is 0 Å². The van der Waals surface area contributed by atoms with Crippen LogP contribution in [-0.4, -0.2) is 50.7 Å². The summed E-state index contributed by atoms with van der Waals surface area (Å²) in [4.78, 5) is 4.55. The molecule has 0 spiro atoms.